The molecule has 0 saturated heterocycles. The van der Waals surface area contributed by atoms with Crippen molar-refractivity contribution < 1.29 is 5.11 Å². The Hall–Kier alpha value is 1.01. The molecule has 0 aromatic carbocycles. The van der Waals surface area contributed by atoms with Gasteiger partial charge in [0.05, 0.1) is 6.10 Å². The minimum absolute atomic E-state index is 0.0633. The molecule has 0 heterocycles. The summed E-state index contributed by atoms with van der Waals surface area (Å²) < 4.78 is -0.0633. The molecule has 0 spiro atoms. The smallest absolute Gasteiger partial charge is 0.132 e. The van der Waals surface area contributed by atoms with Gasteiger partial charge in [-0.2, -0.15) is 0 Å². The molecule has 0 rings (SSSR count). The van der Waals surface area contributed by atoms with E-state index in [1.54, 1.807) is 35.3 Å². The van der Waals surface area contributed by atoms with Gasteiger partial charge in [0.2, 0.25) is 0 Å². The monoisotopic (exact) mass is 268 g/mol. The normalized spacial score (nSPS) is 14.2. The van der Waals surface area contributed by atoms with E-state index in [1.807, 2.05) is 0 Å². The van der Waals surface area contributed by atoms with Crippen LogP contribution >= 0.6 is 35.3 Å². The maximum absolute atomic E-state index is 10.2. The Balaban J connectivity index is 3.97. The average molecular weight is 269 g/mol. The number of unbranched alkanes of at least 4 members (excludes halogenated alkanes) is 3. The number of thioether (sulfide) groups is 3. The van der Waals surface area contributed by atoms with Crippen LogP contribution in [-0.2, 0) is 0 Å². The van der Waals surface area contributed by atoms with Gasteiger partial charge in [-0.15, -0.1) is 35.3 Å². The minimum Gasteiger partial charge on any atom is -0.390 e. The first-order valence-electron chi connectivity index (χ1n) is 5.50. The van der Waals surface area contributed by atoms with E-state index in [2.05, 4.69) is 25.7 Å². The molecular formula is C11H24OS3. The van der Waals surface area contributed by atoms with E-state index in [1.165, 1.54) is 19.3 Å². The Morgan fingerprint density at radius 3 is 1.93 bits per heavy atom. The fourth-order valence-electron chi connectivity index (χ4n) is 1.60. The lowest BCUT2D eigenvalue weighted by Gasteiger charge is -2.33. The van der Waals surface area contributed by atoms with Gasteiger partial charge >= 0.3 is 0 Å². The van der Waals surface area contributed by atoms with Gasteiger partial charge < -0.3 is 5.11 Å². The zero-order valence-electron chi connectivity index (χ0n) is 10.3. The second kappa shape index (κ2) is 9.08. The summed E-state index contributed by atoms with van der Waals surface area (Å²) >= 11 is 5.30. The van der Waals surface area contributed by atoms with E-state index in [0.717, 1.165) is 12.8 Å². The molecule has 0 aliphatic carbocycles. The predicted octanol–water partition coefficient (Wildman–Crippen LogP) is 4.06. The maximum atomic E-state index is 10.2. The molecule has 1 atom stereocenters. The van der Waals surface area contributed by atoms with Crippen molar-refractivity contribution in [2.24, 2.45) is 0 Å². The fourth-order valence-corrected chi connectivity index (χ4v) is 4.77. The molecule has 0 fully saturated rings. The number of rotatable bonds is 9. The van der Waals surface area contributed by atoms with Gasteiger partial charge in [0.25, 0.3) is 0 Å². The van der Waals surface area contributed by atoms with E-state index in [4.69, 9.17) is 0 Å². The third-order valence-electron chi connectivity index (χ3n) is 2.59. The molecule has 0 aromatic rings. The summed E-state index contributed by atoms with van der Waals surface area (Å²) in [5, 5.41) is 10.2. The lowest BCUT2D eigenvalue weighted by atomic mass is 10.1. The third kappa shape index (κ3) is 5.24. The van der Waals surface area contributed by atoms with Crippen molar-refractivity contribution in [2.75, 3.05) is 18.8 Å². The van der Waals surface area contributed by atoms with Crippen LogP contribution in [0.15, 0.2) is 0 Å². The molecule has 0 aliphatic heterocycles. The number of hydrogen-bond acceptors (Lipinski definition) is 4. The molecule has 0 aromatic heterocycles. The van der Waals surface area contributed by atoms with Crippen molar-refractivity contribution in [3.63, 3.8) is 0 Å². The van der Waals surface area contributed by atoms with Crippen molar-refractivity contribution in [3.8, 4) is 0 Å². The van der Waals surface area contributed by atoms with Crippen LogP contribution in [0.5, 0.6) is 0 Å². The van der Waals surface area contributed by atoms with E-state index < -0.39 is 0 Å². The molecule has 0 amide bonds. The van der Waals surface area contributed by atoms with Gasteiger partial charge in [-0.05, 0) is 25.2 Å². The van der Waals surface area contributed by atoms with Crippen LogP contribution in [0, 0.1) is 0 Å². The van der Waals surface area contributed by atoms with Gasteiger partial charge in [0.1, 0.15) is 3.41 Å². The van der Waals surface area contributed by atoms with Crippen LogP contribution in [0.1, 0.15) is 39.0 Å². The summed E-state index contributed by atoms with van der Waals surface area (Å²) in [4.78, 5) is 0. The number of hydrogen-bond donors (Lipinski definition) is 1. The summed E-state index contributed by atoms with van der Waals surface area (Å²) in [5.74, 6) is 0. The summed E-state index contributed by atoms with van der Waals surface area (Å²) in [6.07, 6.45) is 11.9. The Bertz CT molecular complexity index is 141. The Kier molecular flexibility index (Phi) is 9.69. The molecule has 92 valence electrons. The second-order valence-corrected chi connectivity index (χ2v) is 7.51. The zero-order chi connectivity index (χ0) is 11.7. The van der Waals surface area contributed by atoms with Crippen molar-refractivity contribution in [1.29, 1.82) is 0 Å². The molecule has 15 heavy (non-hydrogen) atoms. The number of aliphatic hydroxyl groups excluding tert-OH is 1. The van der Waals surface area contributed by atoms with Crippen LogP contribution in [0.4, 0.5) is 0 Å². The van der Waals surface area contributed by atoms with E-state index in [0.29, 0.717) is 0 Å². The highest BCUT2D eigenvalue weighted by molar-refractivity contribution is 8.33. The van der Waals surface area contributed by atoms with Gasteiger partial charge in [-0.25, -0.2) is 0 Å². The number of aliphatic hydroxyl groups is 1. The van der Waals surface area contributed by atoms with Crippen LogP contribution in [0.2, 0.25) is 0 Å². The molecule has 0 saturated carbocycles. The molecule has 1 unspecified atom stereocenters. The molecule has 1 nitrogen and oxygen atoms in total. The van der Waals surface area contributed by atoms with Gasteiger partial charge in [-0.1, -0.05) is 32.6 Å². The first kappa shape index (κ1) is 16.0. The molecule has 0 bridgehead atoms. The van der Waals surface area contributed by atoms with Crippen molar-refractivity contribution in [2.45, 2.75) is 48.5 Å². The van der Waals surface area contributed by atoms with E-state index >= 15 is 0 Å². The maximum Gasteiger partial charge on any atom is 0.132 e. The van der Waals surface area contributed by atoms with Gasteiger partial charge in [-0.3, -0.25) is 0 Å². The Labute approximate surface area is 108 Å². The van der Waals surface area contributed by atoms with Crippen LogP contribution in [0.3, 0.4) is 0 Å². The average Bonchev–Trinajstić information content (AvgIpc) is 2.28. The summed E-state index contributed by atoms with van der Waals surface area (Å²) in [6, 6.07) is 0. The van der Waals surface area contributed by atoms with Crippen molar-refractivity contribution in [1.82, 2.24) is 0 Å². The molecule has 1 N–H and O–H groups in total. The highest BCUT2D eigenvalue weighted by Crippen LogP contribution is 2.47. The topological polar surface area (TPSA) is 20.2 Å². The summed E-state index contributed by atoms with van der Waals surface area (Å²) in [6.45, 7) is 2.21. The second-order valence-electron chi connectivity index (χ2n) is 3.58. The standard InChI is InChI=1S/C11H24OS3/c1-5-6-7-8-9-10(12)11(13-2,14-3)15-4/h10,12H,5-9H2,1-4H3. The minimum atomic E-state index is -0.200. The van der Waals surface area contributed by atoms with Crippen molar-refractivity contribution >= 4 is 35.3 Å². The first-order valence-corrected chi connectivity index (χ1v) is 9.17. The SMILES string of the molecule is CCCCCCC(O)C(SC)(SC)SC. The molecule has 4 heteroatoms. The van der Waals surface area contributed by atoms with Crippen LogP contribution in [-0.4, -0.2) is 33.4 Å². The highest BCUT2D eigenvalue weighted by Gasteiger charge is 2.35. The predicted molar refractivity (Wildman–Crippen MR) is 78.0 cm³/mol. The van der Waals surface area contributed by atoms with Gasteiger partial charge in [0, 0.05) is 0 Å². The van der Waals surface area contributed by atoms with E-state index in [9.17, 15) is 5.11 Å². The molecule has 0 radical (unpaired) electrons. The Morgan fingerprint density at radius 2 is 1.53 bits per heavy atom. The summed E-state index contributed by atoms with van der Waals surface area (Å²) in [5.41, 5.74) is 0. The van der Waals surface area contributed by atoms with E-state index in [-0.39, 0.29) is 9.52 Å². The molecular weight excluding hydrogens is 244 g/mol. The molecule has 0 aliphatic rings. The van der Waals surface area contributed by atoms with Gasteiger partial charge in [0.15, 0.2) is 0 Å². The quantitative estimate of drug-likeness (QED) is 0.502. The zero-order valence-corrected chi connectivity index (χ0v) is 12.7. The van der Waals surface area contributed by atoms with Crippen LogP contribution < -0.4 is 0 Å². The lowest BCUT2D eigenvalue weighted by Crippen LogP contribution is -2.31. The highest BCUT2D eigenvalue weighted by atomic mass is 32.3. The Morgan fingerprint density at radius 1 is 1.00 bits per heavy atom. The third-order valence-corrected chi connectivity index (χ3v) is 8.12. The lowest BCUT2D eigenvalue weighted by molar-refractivity contribution is 0.170. The van der Waals surface area contributed by atoms with Crippen LogP contribution in [0.25, 0.3) is 0 Å². The summed E-state index contributed by atoms with van der Waals surface area (Å²) in [7, 11) is 0. The van der Waals surface area contributed by atoms with Crippen molar-refractivity contribution in [3.05, 3.63) is 0 Å². The fraction of sp³-hybridized carbons (Fsp3) is 1.00. The first-order chi connectivity index (χ1) is 7.16. The largest absolute Gasteiger partial charge is 0.390 e.